The monoisotopic (exact) mass is 532 g/mol. The van der Waals surface area contributed by atoms with Gasteiger partial charge in [0.25, 0.3) is 5.60 Å². The summed E-state index contributed by atoms with van der Waals surface area (Å²) in [5.41, 5.74) is -9.04. The molecule has 1 N–H and O–H groups in total. The van der Waals surface area contributed by atoms with Gasteiger partial charge in [0.15, 0.2) is 5.41 Å². The number of hydrogen-bond acceptors (Lipinski definition) is 5. The SMILES string of the molecule is CCC(C)(C(=O)OC1(C)CC2CC(OCC(OCCCO)(C(F)(F)F)C(F)(F)F)C1C2)C(F)(F)F. The zero-order valence-electron chi connectivity index (χ0n) is 19.4. The number of aliphatic hydroxyl groups is 1. The Hall–Kier alpha value is -1.28. The molecule has 2 aliphatic carbocycles. The molecule has 206 valence electrons. The van der Waals surface area contributed by atoms with Gasteiger partial charge in [0.05, 0.1) is 19.3 Å². The van der Waals surface area contributed by atoms with Crippen LogP contribution in [0.3, 0.4) is 0 Å². The number of rotatable bonds is 10. The number of esters is 1. The first kappa shape index (κ1) is 29.9. The Morgan fingerprint density at radius 3 is 2.00 bits per heavy atom. The molecule has 5 nitrogen and oxygen atoms in total. The molecule has 0 saturated heterocycles. The molecule has 0 amide bonds. The summed E-state index contributed by atoms with van der Waals surface area (Å²) in [7, 11) is 0. The van der Waals surface area contributed by atoms with Gasteiger partial charge in [0.2, 0.25) is 0 Å². The molecule has 2 saturated carbocycles. The predicted octanol–water partition coefficient (Wildman–Crippen LogP) is 5.34. The van der Waals surface area contributed by atoms with Crippen molar-refractivity contribution in [1.29, 1.82) is 0 Å². The summed E-state index contributed by atoms with van der Waals surface area (Å²) in [4.78, 5) is 12.5. The van der Waals surface area contributed by atoms with Crippen molar-refractivity contribution in [3.8, 4) is 0 Å². The smallest absolute Gasteiger partial charge is 0.428 e. The van der Waals surface area contributed by atoms with E-state index in [0.717, 1.165) is 6.92 Å². The zero-order chi connectivity index (χ0) is 27.1. The van der Waals surface area contributed by atoms with Crippen LogP contribution in [0.5, 0.6) is 0 Å². The minimum Gasteiger partial charge on any atom is -0.458 e. The average Bonchev–Trinajstić information content (AvgIpc) is 3.23. The molecule has 5 atom stereocenters. The first-order chi connectivity index (χ1) is 15.8. The van der Waals surface area contributed by atoms with Crippen molar-refractivity contribution in [2.75, 3.05) is 19.8 Å². The van der Waals surface area contributed by atoms with E-state index in [9.17, 15) is 44.3 Å². The van der Waals surface area contributed by atoms with Gasteiger partial charge < -0.3 is 19.3 Å². The fourth-order valence-corrected chi connectivity index (χ4v) is 4.79. The lowest BCUT2D eigenvalue weighted by atomic mass is 9.82. The van der Waals surface area contributed by atoms with Crippen LogP contribution in [0.25, 0.3) is 0 Å². The summed E-state index contributed by atoms with van der Waals surface area (Å²) in [6, 6.07) is 0. The molecule has 5 unspecified atom stereocenters. The Kier molecular flexibility index (Phi) is 8.46. The molecule has 0 aliphatic heterocycles. The molecule has 2 rings (SSSR count). The number of carbonyl (C=O) groups is 1. The van der Waals surface area contributed by atoms with E-state index in [1.54, 1.807) is 0 Å². The van der Waals surface area contributed by atoms with Crippen molar-refractivity contribution in [2.24, 2.45) is 17.3 Å². The van der Waals surface area contributed by atoms with Crippen molar-refractivity contribution < 1.29 is 63.6 Å². The lowest BCUT2D eigenvalue weighted by Gasteiger charge is -2.42. The standard InChI is InChI=1S/C21H29F9O5/c1-4-16(2,19(22,23)24)15(32)35-17(3)10-12-8-13(17)14(9-12)33-11-18(20(25,26)27,21(28,29)30)34-7-5-6-31/h12-14,31H,4-11H2,1-3H3. The highest BCUT2D eigenvalue weighted by Gasteiger charge is 2.73. The number of alkyl halides is 9. The Morgan fingerprint density at radius 1 is 1.00 bits per heavy atom. The summed E-state index contributed by atoms with van der Waals surface area (Å²) in [5.74, 6) is -2.78. The van der Waals surface area contributed by atoms with Gasteiger partial charge in [-0.05, 0) is 51.9 Å². The Balaban J connectivity index is 2.23. The van der Waals surface area contributed by atoms with E-state index in [1.165, 1.54) is 6.92 Å². The molecule has 2 aliphatic rings. The average molecular weight is 532 g/mol. The molecule has 14 heteroatoms. The fourth-order valence-electron chi connectivity index (χ4n) is 4.79. The lowest BCUT2D eigenvalue weighted by Crippen LogP contribution is -2.62. The van der Waals surface area contributed by atoms with Crippen molar-refractivity contribution in [3.05, 3.63) is 0 Å². The highest BCUT2D eigenvalue weighted by Crippen LogP contribution is 2.56. The second-order valence-corrected chi connectivity index (χ2v) is 9.63. The van der Waals surface area contributed by atoms with Gasteiger partial charge >= 0.3 is 24.5 Å². The Labute approximate surface area is 196 Å². The van der Waals surface area contributed by atoms with Crippen LogP contribution in [-0.4, -0.2) is 66.7 Å². The van der Waals surface area contributed by atoms with E-state index in [4.69, 9.17) is 14.6 Å². The quantitative estimate of drug-likeness (QED) is 0.234. The van der Waals surface area contributed by atoms with Crippen LogP contribution in [0.2, 0.25) is 0 Å². The minimum absolute atomic E-state index is 0.0601. The van der Waals surface area contributed by atoms with Crippen LogP contribution >= 0.6 is 0 Å². The van der Waals surface area contributed by atoms with Gasteiger partial charge in [-0.1, -0.05) is 6.92 Å². The third-order valence-electron chi connectivity index (χ3n) is 7.26. The second-order valence-electron chi connectivity index (χ2n) is 9.63. The van der Waals surface area contributed by atoms with Crippen LogP contribution in [0.15, 0.2) is 0 Å². The normalized spacial score (nSPS) is 29.3. The molecule has 2 bridgehead atoms. The lowest BCUT2D eigenvalue weighted by molar-refractivity contribution is -0.393. The van der Waals surface area contributed by atoms with Crippen LogP contribution in [0, 0.1) is 17.3 Å². The molecule has 35 heavy (non-hydrogen) atoms. The number of ether oxygens (including phenoxy) is 3. The van der Waals surface area contributed by atoms with E-state index >= 15 is 0 Å². The predicted molar refractivity (Wildman–Crippen MR) is 102 cm³/mol. The van der Waals surface area contributed by atoms with E-state index in [-0.39, 0.29) is 25.2 Å². The Bertz CT molecular complexity index is 737. The maximum Gasteiger partial charge on any atom is 0.428 e. The minimum atomic E-state index is -5.91. The van der Waals surface area contributed by atoms with Gasteiger partial charge in [0.1, 0.15) is 5.60 Å². The molecule has 0 aromatic rings. The summed E-state index contributed by atoms with van der Waals surface area (Å²) in [5, 5.41) is 8.71. The number of hydrogen-bond donors (Lipinski definition) is 1. The largest absolute Gasteiger partial charge is 0.458 e. The van der Waals surface area contributed by atoms with Crippen LogP contribution in [0.1, 0.15) is 52.9 Å². The fraction of sp³-hybridized carbons (Fsp3) is 0.952. The molecular formula is C21H29F9O5. The second kappa shape index (κ2) is 9.88. The molecule has 0 aromatic heterocycles. The molecule has 0 radical (unpaired) electrons. The summed E-state index contributed by atoms with van der Waals surface area (Å²) < 4.78 is 137. The van der Waals surface area contributed by atoms with Crippen LogP contribution in [-0.2, 0) is 19.0 Å². The van der Waals surface area contributed by atoms with Gasteiger partial charge in [-0.25, -0.2) is 0 Å². The van der Waals surface area contributed by atoms with Gasteiger partial charge in [-0.2, -0.15) is 39.5 Å². The first-order valence-corrected chi connectivity index (χ1v) is 11.1. The molecule has 0 spiro atoms. The van der Waals surface area contributed by atoms with Crippen molar-refractivity contribution in [1.82, 2.24) is 0 Å². The molecule has 0 heterocycles. The zero-order valence-corrected chi connectivity index (χ0v) is 19.4. The molecule has 0 aromatic carbocycles. The number of aliphatic hydroxyl groups excluding tert-OH is 1. The number of halogens is 9. The summed E-state index contributed by atoms with van der Waals surface area (Å²) in [6.45, 7) is -0.553. The van der Waals surface area contributed by atoms with Crippen molar-refractivity contribution in [3.63, 3.8) is 0 Å². The third kappa shape index (κ3) is 5.53. The van der Waals surface area contributed by atoms with E-state index in [2.05, 4.69) is 4.74 Å². The highest BCUT2D eigenvalue weighted by molar-refractivity contribution is 5.78. The van der Waals surface area contributed by atoms with E-state index in [0.29, 0.717) is 6.92 Å². The maximum atomic E-state index is 13.6. The van der Waals surface area contributed by atoms with E-state index < -0.39 is 85.8 Å². The van der Waals surface area contributed by atoms with Gasteiger partial charge in [-0.3, -0.25) is 4.79 Å². The van der Waals surface area contributed by atoms with Gasteiger partial charge in [0, 0.05) is 12.5 Å². The van der Waals surface area contributed by atoms with Crippen molar-refractivity contribution in [2.45, 2.75) is 88.7 Å². The summed E-state index contributed by atoms with van der Waals surface area (Å²) in [6.07, 6.45) is -18.7. The van der Waals surface area contributed by atoms with Crippen molar-refractivity contribution >= 4 is 5.97 Å². The molecular weight excluding hydrogens is 503 g/mol. The number of fused-ring (bicyclic) bond motifs is 2. The Morgan fingerprint density at radius 2 is 1.57 bits per heavy atom. The van der Waals surface area contributed by atoms with Gasteiger partial charge in [-0.15, -0.1) is 0 Å². The third-order valence-corrected chi connectivity index (χ3v) is 7.26. The summed E-state index contributed by atoms with van der Waals surface area (Å²) >= 11 is 0. The van der Waals surface area contributed by atoms with E-state index in [1.807, 2.05) is 0 Å². The van der Waals surface area contributed by atoms with Crippen LogP contribution in [0.4, 0.5) is 39.5 Å². The molecule has 2 fully saturated rings. The topological polar surface area (TPSA) is 65.0 Å². The highest BCUT2D eigenvalue weighted by atomic mass is 19.4. The first-order valence-electron chi connectivity index (χ1n) is 11.1. The van der Waals surface area contributed by atoms with Crippen LogP contribution < -0.4 is 0 Å². The maximum absolute atomic E-state index is 13.6. The number of carbonyl (C=O) groups excluding carboxylic acids is 1.